The highest BCUT2D eigenvalue weighted by Gasteiger charge is 2.34. The Morgan fingerprint density at radius 1 is 1.31 bits per heavy atom. The summed E-state index contributed by atoms with van der Waals surface area (Å²) in [6.07, 6.45) is 4.43. The maximum Gasteiger partial charge on any atom is 0.317 e. The number of rotatable bonds is 7. The van der Waals surface area contributed by atoms with Gasteiger partial charge in [-0.15, -0.1) is 6.58 Å². The average Bonchev–Trinajstić information content (AvgIpc) is 2.65. The summed E-state index contributed by atoms with van der Waals surface area (Å²) in [5.41, 5.74) is 2.39. The minimum atomic E-state index is -0.203. The number of likely N-dealkylation sites (tertiary alicyclic amines) is 1. The molecule has 1 saturated heterocycles. The summed E-state index contributed by atoms with van der Waals surface area (Å²) in [5, 5.41) is 5.86. The van der Waals surface area contributed by atoms with Gasteiger partial charge in [0.2, 0.25) is 5.91 Å². The highest BCUT2D eigenvalue weighted by atomic mass is 16.2. The maximum absolute atomic E-state index is 12.6. The molecule has 3 amide bonds. The van der Waals surface area contributed by atoms with Crippen LogP contribution in [0.5, 0.6) is 0 Å². The molecule has 1 aromatic rings. The largest absolute Gasteiger partial charge is 0.352 e. The molecule has 2 atom stereocenters. The number of hydrogen-bond acceptors (Lipinski definition) is 2. The van der Waals surface area contributed by atoms with Crippen LogP contribution in [0.15, 0.2) is 36.9 Å². The lowest BCUT2D eigenvalue weighted by Crippen LogP contribution is -2.51. The van der Waals surface area contributed by atoms with E-state index in [4.69, 9.17) is 0 Å². The van der Waals surface area contributed by atoms with Gasteiger partial charge in [-0.25, -0.2) is 4.79 Å². The Morgan fingerprint density at radius 3 is 2.81 bits per heavy atom. The molecular weight excluding hydrogens is 326 g/mol. The van der Waals surface area contributed by atoms with Crippen LogP contribution in [-0.2, 0) is 4.79 Å². The van der Waals surface area contributed by atoms with E-state index < -0.39 is 0 Å². The molecule has 2 N–H and O–H groups in total. The van der Waals surface area contributed by atoms with Crippen molar-refractivity contribution >= 4 is 11.9 Å². The van der Waals surface area contributed by atoms with Crippen LogP contribution in [0.1, 0.15) is 43.2 Å². The Kier molecular flexibility index (Phi) is 7.70. The van der Waals surface area contributed by atoms with Crippen LogP contribution in [0.4, 0.5) is 4.79 Å². The third-order valence-corrected chi connectivity index (χ3v) is 4.85. The predicted molar refractivity (Wildman–Crippen MR) is 105 cm³/mol. The molecule has 0 spiro atoms. The topological polar surface area (TPSA) is 61.4 Å². The van der Waals surface area contributed by atoms with Crippen LogP contribution in [0.25, 0.3) is 0 Å². The molecule has 0 unspecified atom stereocenters. The fourth-order valence-corrected chi connectivity index (χ4v) is 3.42. The molecule has 1 fully saturated rings. The van der Waals surface area contributed by atoms with E-state index in [1.54, 1.807) is 11.0 Å². The van der Waals surface area contributed by atoms with E-state index in [1.165, 1.54) is 11.1 Å². The van der Waals surface area contributed by atoms with Gasteiger partial charge in [0.1, 0.15) is 0 Å². The minimum Gasteiger partial charge on any atom is -0.352 e. The number of nitrogens with one attached hydrogen (secondary N) is 2. The molecule has 1 aliphatic rings. The van der Waals surface area contributed by atoms with Crippen LogP contribution >= 0.6 is 0 Å². The van der Waals surface area contributed by atoms with Gasteiger partial charge >= 0.3 is 6.03 Å². The molecule has 0 radical (unpaired) electrons. The van der Waals surface area contributed by atoms with E-state index >= 15 is 0 Å². The number of piperidine rings is 1. The summed E-state index contributed by atoms with van der Waals surface area (Å²) in [4.78, 5) is 26.9. The van der Waals surface area contributed by atoms with Gasteiger partial charge in [-0.1, -0.05) is 49.2 Å². The van der Waals surface area contributed by atoms with E-state index in [1.807, 2.05) is 6.07 Å². The number of benzene rings is 1. The zero-order valence-corrected chi connectivity index (χ0v) is 16.0. The molecule has 0 saturated carbocycles. The number of carbonyl (C=O) groups is 2. The van der Waals surface area contributed by atoms with Crippen LogP contribution in [0, 0.1) is 12.8 Å². The number of nitrogens with zero attached hydrogens (tertiary/aromatic N) is 1. The van der Waals surface area contributed by atoms with Crippen LogP contribution in [-0.4, -0.2) is 43.0 Å². The summed E-state index contributed by atoms with van der Waals surface area (Å²) < 4.78 is 0. The molecule has 0 bridgehead atoms. The smallest absolute Gasteiger partial charge is 0.317 e. The number of amides is 3. The van der Waals surface area contributed by atoms with Gasteiger partial charge < -0.3 is 15.5 Å². The van der Waals surface area contributed by atoms with Gasteiger partial charge in [0.25, 0.3) is 0 Å². The molecule has 1 heterocycles. The van der Waals surface area contributed by atoms with Gasteiger partial charge in [0.05, 0.1) is 5.92 Å². The van der Waals surface area contributed by atoms with E-state index in [0.717, 1.165) is 19.3 Å². The van der Waals surface area contributed by atoms with Crippen LogP contribution in [0.2, 0.25) is 0 Å². The third kappa shape index (κ3) is 5.61. The van der Waals surface area contributed by atoms with Gasteiger partial charge in [0, 0.05) is 32.1 Å². The molecular formula is C21H31N3O2. The quantitative estimate of drug-likeness (QED) is 0.581. The summed E-state index contributed by atoms with van der Waals surface area (Å²) in [6.45, 7) is 10.0. The Bertz CT molecular complexity index is 629. The molecule has 0 aromatic heterocycles. The van der Waals surface area contributed by atoms with E-state index in [9.17, 15) is 9.59 Å². The van der Waals surface area contributed by atoms with Crippen molar-refractivity contribution < 1.29 is 9.59 Å². The van der Waals surface area contributed by atoms with Crippen molar-refractivity contribution in [3.63, 3.8) is 0 Å². The average molecular weight is 357 g/mol. The first-order valence-electron chi connectivity index (χ1n) is 9.53. The molecule has 26 heavy (non-hydrogen) atoms. The Labute approximate surface area is 156 Å². The van der Waals surface area contributed by atoms with Crippen molar-refractivity contribution in [1.29, 1.82) is 0 Å². The van der Waals surface area contributed by atoms with Crippen molar-refractivity contribution in [2.75, 3.05) is 26.2 Å². The molecule has 142 valence electrons. The second-order valence-electron chi connectivity index (χ2n) is 7.07. The fraction of sp³-hybridized carbons (Fsp3) is 0.524. The van der Waals surface area contributed by atoms with Gasteiger partial charge in [-0.3, -0.25) is 4.79 Å². The number of unbranched alkanes of at least 4 members (excludes halogenated alkanes) is 1. The molecule has 0 aliphatic carbocycles. The molecule has 5 nitrogen and oxygen atoms in total. The summed E-state index contributed by atoms with van der Waals surface area (Å²) >= 11 is 0. The number of urea groups is 1. The zero-order chi connectivity index (χ0) is 18.9. The second kappa shape index (κ2) is 10.00. The van der Waals surface area contributed by atoms with Crippen molar-refractivity contribution in [3.8, 4) is 0 Å². The molecule has 1 aliphatic heterocycles. The van der Waals surface area contributed by atoms with Crippen molar-refractivity contribution in [3.05, 3.63) is 48.0 Å². The Balaban J connectivity index is 2.13. The SMILES string of the molecule is C=CCNC(=O)[C@@H]1C[C@@H](c2cccc(C)c2)CN(C(=O)NCCCC)C1. The van der Waals surface area contributed by atoms with Crippen molar-refractivity contribution in [1.82, 2.24) is 15.5 Å². The maximum atomic E-state index is 12.6. The normalized spacial score (nSPS) is 19.7. The highest BCUT2D eigenvalue weighted by molar-refractivity contribution is 5.81. The first-order chi connectivity index (χ1) is 12.5. The van der Waals surface area contributed by atoms with Crippen molar-refractivity contribution in [2.24, 2.45) is 5.92 Å². The van der Waals surface area contributed by atoms with E-state index in [0.29, 0.717) is 26.2 Å². The monoisotopic (exact) mass is 357 g/mol. The van der Waals surface area contributed by atoms with Gasteiger partial charge in [0.15, 0.2) is 0 Å². The highest BCUT2D eigenvalue weighted by Crippen LogP contribution is 2.31. The van der Waals surface area contributed by atoms with Crippen LogP contribution < -0.4 is 10.6 Å². The minimum absolute atomic E-state index is 0.00592. The Hall–Kier alpha value is -2.30. The molecule has 1 aromatic carbocycles. The predicted octanol–water partition coefficient (Wildman–Crippen LogP) is 3.21. The third-order valence-electron chi connectivity index (χ3n) is 4.85. The zero-order valence-electron chi connectivity index (χ0n) is 16.0. The fourth-order valence-electron chi connectivity index (χ4n) is 3.42. The lowest BCUT2D eigenvalue weighted by atomic mass is 9.83. The van der Waals surface area contributed by atoms with E-state index in [-0.39, 0.29) is 23.8 Å². The second-order valence-corrected chi connectivity index (χ2v) is 7.07. The first kappa shape index (κ1) is 20.0. The number of carbonyl (C=O) groups excluding carboxylic acids is 2. The first-order valence-corrected chi connectivity index (χ1v) is 9.53. The Morgan fingerprint density at radius 2 is 2.12 bits per heavy atom. The summed E-state index contributed by atoms with van der Waals surface area (Å²) in [5.74, 6) is -0.0418. The van der Waals surface area contributed by atoms with Gasteiger partial charge in [-0.2, -0.15) is 0 Å². The summed E-state index contributed by atoms with van der Waals surface area (Å²) in [6, 6.07) is 8.28. The lowest BCUT2D eigenvalue weighted by molar-refractivity contribution is -0.126. The van der Waals surface area contributed by atoms with Gasteiger partial charge in [-0.05, 0) is 25.3 Å². The standard InChI is InChI=1S/C21H31N3O2/c1-4-6-11-23-21(26)24-14-18(17-9-7-8-16(3)12-17)13-19(15-24)20(25)22-10-5-2/h5,7-9,12,18-19H,2,4,6,10-11,13-15H2,1,3H3,(H,22,25)(H,23,26)/t18-,19-/m1/s1. The van der Waals surface area contributed by atoms with Crippen LogP contribution in [0.3, 0.4) is 0 Å². The number of hydrogen-bond donors (Lipinski definition) is 2. The lowest BCUT2D eigenvalue weighted by Gasteiger charge is -2.37. The van der Waals surface area contributed by atoms with E-state index in [2.05, 4.69) is 49.3 Å². The van der Waals surface area contributed by atoms with Crippen molar-refractivity contribution in [2.45, 2.75) is 39.0 Å². The molecule has 2 rings (SSSR count). The number of aryl methyl sites for hydroxylation is 1. The summed E-state index contributed by atoms with van der Waals surface area (Å²) in [7, 11) is 0. The molecule has 5 heteroatoms.